The van der Waals surface area contributed by atoms with Gasteiger partial charge in [0.2, 0.25) is 0 Å². The normalized spacial score (nSPS) is 11.1. The van der Waals surface area contributed by atoms with Gasteiger partial charge in [-0.05, 0) is 64.2 Å². The quantitative estimate of drug-likeness (QED) is 0.743. The summed E-state index contributed by atoms with van der Waals surface area (Å²) in [5, 5.41) is 4.20. The smallest absolute Gasteiger partial charge is 0.122 e. The minimum Gasteiger partial charge on any atom is -0.493 e. The first-order chi connectivity index (χ1) is 9.02. The molecular weight excluding hydrogens is 260 g/mol. The zero-order chi connectivity index (χ0) is 14.3. The molecule has 0 aromatic heterocycles. The minimum absolute atomic E-state index is 0.733. The number of ether oxygens (including phenoxy) is 1. The van der Waals surface area contributed by atoms with E-state index in [1.807, 2.05) is 26.0 Å². The Balaban J connectivity index is 2.21. The molecule has 0 bridgehead atoms. The van der Waals surface area contributed by atoms with Crippen LogP contribution in [0.15, 0.2) is 12.1 Å². The first kappa shape index (κ1) is 16.3. The van der Waals surface area contributed by atoms with E-state index in [0.717, 1.165) is 54.6 Å². The Morgan fingerprint density at radius 1 is 1.16 bits per heavy atom. The molecule has 0 saturated heterocycles. The molecule has 0 aliphatic rings. The van der Waals surface area contributed by atoms with Crippen LogP contribution in [0, 0.1) is 13.8 Å². The summed E-state index contributed by atoms with van der Waals surface area (Å²) in [6, 6.07) is 3.85. The van der Waals surface area contributed by atoms with Crippen molar-refractivity contribution in [3.8, 4) is 5.75 Å². The van der Waals surface area contributed by atoms with Crippen molar-refractivity contribution in [2.24, 2.45) is 0 Å². The highest BCUT2D eigenvalue weighted by atomic mass is 35.5. The van der Waals surface area contributed by atoms with E-state index in [2.05, 4.69) is 24.3 Å². The Kier molecular flexibility index (Phi) is 7.21. The maximum atomic E-state index is 6.06. The molecule has 1 rings (SSSR count). The van der Waals surface area contributed by atoms with Crippen LogP contribution in [0.5, 0.6) is 5.75 Å². The molecule has 0 heterocycles. The first-order valence-corrected chi connectivity index (χ1v) is 7.14. The lowest BCUT2D eigenvalue weighted by molar-refractivity contribution is 0.304. The predicted octanol–water partition coefficient (Wildman–Crippen LogP) is 2.88. The standard InChI is InChI=1S/C15H25ClN2O/c1-12-13(2)15(7-6-14(12)16)19-11-5-8-17-9-10-18(3)4/h6-7,17H,5,8-11H2,1-4H3. The molecule has 0 atom stereocenters. The van der Waals surface area contributed by atoms with Crippen molar-refractivity contribution in [3.05, 3.63) is 28.3 Å². The lowest BCUT2D eigenvalue weighted by atomic mass is 10.1. The van der Waals surface area contributed by atoms with Crippen LogP contribution in [0.2, 0.25) is 5.02 Å². The summed E-state index contributed by atoms with van der Waals surface area (Å²) in [6.07, 6.45) is 1.01. The summed E-state index contributed by atoms with van der Waals surface area (Å²) >= 11 is 6.06. The second kappa shape index (κ2) is 8.41. The van der Waals surface area contributed by atoms with Crippen LogP contribution in [0.4, 0.5) is 0 Å². The van der Waals surface area contributed by atoms with Gasteiger partial charge in [0.05, 0.1) is 6.61 Å². The topological polar surface area (TPSA) is 24.5 Å². The number of nitrogens with zero attached hydrogens (tertiary/aromatic N) is 1. The number of hydrogen-bond acceptors (Lipinski definition) is 3. The Labute approximate surface area is 121 Å². The van der Waals surface area contributed by atoms with Crippen molar-refractivity contribution < 1.29 is 4.74 Å². The number of benzene rings is 1. The van der Waals surface area contributed by atoms with E-state index in [0.29, 0.717) is 0 Å². The molecular formula is C15H25ClN2O. The van der Waals surface area contributed by atoms with E-state index in [1.165, 1.54) is 0 Å². The number of likely N-dealkylation sites (N-methyl/N-ethyl adjacent to an activating group) is 1. The number of halogens is 1. The molecule has 0 saturated carbocycles. The van der Waals surface area contributed by atoms with Gasteiger partial charge in [0.1, 0.15) is 5.75 Å². The molecule has 1 N–H and O–H groups in total. The lowest BCUT2D eigenvalue weighted by Gasteiger charge is -2.13. The van der Waals surface area contributed by atoms with Crippen molar-refractivity contribution >= 4 is 11.6 Å². The van der Waals surface area contributed by atoms with Crippen LogP contribution in [-0.2, 0) is 0 Å². The SMILES string of the molecule is Cc1c(Cl)ccc(OCCCNCCN(C)C)c1C. The molecule has 0 unspecified atom stereocenters. The maximum Gasteiger partial charge on any atom is 0.122 e. The van der Waals surface area contributed by atoms with Gasteiger partial charge in [0, 0.05) is 18.1 Å². The van der Waals surface area contributed by atoms with Crippen molar-refractivity contribution in [1.29, 1.82) is 0 Å². The van der Waals surface area contributed by atoms with E-state index >= 15 is 0 Å². The van der Waals surface area contributed by atoms with Gasteiger partial charge in [-0.2, -0.15) is 0 Å². The summed E-state index contributed by atoms with van der Waals surface area (Å²) in [5.74, 6) is 0.940. The van der Waals surface area contributed by atoms with Gasteiger partial charge in [0.15, 0.2) is 0 Å². The highest BCUT2D eigenvalue weighted by Crippen LogP contribution is 2.27. The van der Waals surface area contributed by atoms with Gasteiger partial charge in [-0.15, -0.1) is 0 Å². The average Bonchev–Trinajstić information content (AvgIpc) is 2.37. The molecule has 0 fully saturated rings. The van der Waals surface area contributed by atoms with Crippen molar-refractivity contribution in [3.63, 3.8) is 0 Å². The zero-order valence-electron chi connectivity index (χ0n) is 12.4. The fourth-order valence-corrected chi connectivity index (χ4v) is 1.93. The van der Waals surface area contributed by atoms with Gasteiger partial charge >= 0.3 is 0 Å². The van der Waals surface area contributed by atoms with Gasteiger partial charge in [-0.3, -0.25) is 0 Å². The van der Waals surface area contributed by atoms with E-state index < -0.39 is 0 Å². The number of rotatable bonds is 8. The number of hydrogen-bond donors (Lipinski definition) is 1. The third kappa shape index (κ3) is 5.81. The van der Waals surface area contributed by atoms with E-state index in [1.54, 1.807) is 0 Å². The van der Waals surface area contributed by atoms with Crippen LogP contribution in [0.1, 0.15) is 17.5 Å². The molecule has 108 valence electrons. The molecule has 4 heteroatoms. The summed E-state index contributed by atoms with van der Waals surface area (Å²) in [6.45, 7) is 7.87. The summed E-state index contributed by atoms with van der Waals surface area (Å²) in [7, 11) is 4.16. The lowest BCUT2D eigenvalue weighted by Crippen LogP contribution is -2.27. The third-order valence-electron chi connectivity index (χ3n) is 3.16. The van der Waals surface area contributed by atoms with Crippen LogP contribution >= 0.6 is 11.6 Å². The molecule has 0 aliphatic heterocycles. The summed E-state index contributed by atoms with van der Waals surface area (Å²) in [5.41, 5.74) is 2.23. The predicted molar refractivity (Wildman–Crippen MR) is 82.5 cm³/mol. The monoisotopic (exact) mass is 284 g/mol. The van der Waals surface area contributed by atoms with E-state index in [9.17, 15) is 0 Å². The van der Waals surface area contributed by atoms with Crippen LogP contribution < -0.4 is 10.1 Å². The molecule has 1 aromatic carbocycles. The molecule has 19 heavy (non-hydrogen) atoms. The minimum atomic E-state index is 0.733. The van der Waals surface area contributed by atoms with E-state index in [-0.39, 0.29) is 0 Å². The van der Waals surface area contributed by atoms with Crippen LogP contribution in [0.25, 0.3) is 0 Å². The van der Waals surface area contributed by atoms with Crippen molar-refractivity contribution in [1.82, 2.24) is 10.2 Å². The Morgan fingerprint density at radius 3 is 2.58 bits per heavy atom. The molecule has 0 spiro atoms. The van der Waals surface area contributed by atoms with Crippen LogP contribution in [-0.4, -0.2) is 45.2 Å². The Hall–Kier alpha value is -0.770. The third-order valence-corrected chi connectivity index (χ3v) is 3.57. The van der Waals surface area contributed by atoms with Crippen molar-refractivity contribution in [2.45, 2.75) is 20.3 Å². The highest BCUT2D eigenvalue weighted by molar-refractivity contribution is 6.31. The molecule has 0 radical (unpaired) electrons. The highest BCUT2D eigenvalue weighted by Gasteiger charge is 2.05. The largest absolute Gasteiger partial charge is 0.493 e. The fourth-order valence-electron chi connectivity index (χ4n) is 1.73. The van der Waals surface area contributed by atoms with Gasteiger partial charge in [-0.1, -0.05) is 11.6 Å². The second-order valence-electron chi connectivity index (χ2n) is 5.05. The Bertz CT molecular complexity index is 394. The first-order valence-electron chi connectivity index (χ1n) is 6.76. The fraction of sp³-hybridized carbons (Fsp3) is 0.600. The van der Waals surface area contributed by atoms with E-state index in [4.69, 9.17) is 16.3 Å². The average molecular weight is 285 g/mol. The summed E-state index contributed by atoms with van der Waals surface area (Å²) in [4.78, 5) is 2.17. The van der Waals surface area contributed by atoms with Gasteiger partial charge in [0.25, 0.3) is 0 Å². The maximum absolute atomic E-state index is 6.06. The molecule has 3 nitrogen and oxygen atoms in total. The Morgan fingerprint density at radius 2 is 1.89 bits per heavy atom. The van der Waals surface area contributed by atoms with Gasteiger partial charge in [-0.25, -0.2) is 0 Å². The molecule has 0 aliphatic carbocycles. The zero-order valence-corrected chi connectivity index (χ0v) is 13.2. The van der Waals surface area contributed by atoms with Gasteiger partial charge < -0.3 is 15.0 Å². The summed E-state index contributed by atoms with van der Waals surface area (Å²) < 4.78 is 5.79. The number of nitrogens with one attached hydrogen (secondary N) is 1. The molecule has 0 amide bonds. The second-order valence-corrected chi connectivity index (χ2v) is 5.46. The van der Waals surface area contributed by atoms with Crippen molar-refractivity contribution in [2.75, 3.05) is 40.3 Å². The molecule has 1 aromatic rings. The van der Waals surface area contributed by atoms with Crippen LogP contribution in [0.3, 0.4) is 0 Å².